The molecule has 10 nitrogen and oxygen atoms in total. The van der Waals surface area contributed by atoms with Gasteiger partial charge >= 0.3 is 12.0 Å². The molecule has 3 saturated heterocycles. The lowest BCUT2D eigenvalue weighted by Crippen LogP contribution is -2.41. The fraction of sp³-hybridized carbons (Fsp3) is 0.889. The lowest BCUT2D eigenvalue weighted by Gasteiger charge is -2.25. The van der Waals surface area contributed by atoms with E-state index in [-0.39, 0.29) is 35.4 Å². The average molecular weight is 555 g/mol. The van der Waals surface area contributed by atoms with Crippen molar-refractivity contribution in [2.75, 3.05) is 32.0 Å². The lowest BCUT2D eigenvalue weighted by molar-refractivity contribution is -0.143. The van der Waals surface area contributed by atoms with Gasteiger partial charge in [0.1, 0.15) is 0 Å². The van der Waals surface area contributed by atoms with E-state index < -0.39 is 0 Å². The maximum atomic E-state index is 12.1. The number of carbonyl (C=O) groups is 3. The van der Waals surface area contributed by atoms with Gasteiger partial charge in [0.2, 0.25) is 5.91 Å². The first-order valence-corrected chi connectivity index (χ1v) is 15.6. The van der Waals surface area contributed by atoms with Crippen molar-refractivity contribution >= 4 is 29.7 Å². The Kier molecular flexibility index (Phi) is 12.9. The summed E-state index contributed by atoms with van der Waals surface area (Å²) in [5.41, 5.74) is 6.83. The van der Waals surface area contributed by atoms with Crippen molar-refractivity contribution in [2.45, 2.75) is 115 Å². The molecule has 3 amide bonds. The highest BCUT2D eigenvalue weighted by molar-refractivity contribution is 8.00. The molecule has 5 N–H and O–H groups in total. The van der Waals surface area contributed by atoms with Crippen LogP contribution in [0.3, 0.4) is 0 Å². The second kappa shape index (κ2) is 15.9. The molecule has 218 valence electrons. The van der Waals surface area contributed by atoms with Gasteiger partial charge in [-0.25, -0.2) is 15.2 Å². The first kappa shape index (κ1) is 31.0. The molecule has 0 aromatic rings. The number of hydrogen-bond acceptors (Lipinski definition) is 8. The van der Waals surface area contributed by atoms with Gasteiger partial charge in [0, 0.05) is 49.5 Å². The van der Waals surface area contributed by atoms with E-state index in [1.165, 1.54) is 0 Å². The summed E-state index contributed by atoms with van der Waals surface area (Å²) in [6.07, 6.45) is 9.54. The smallest absolute Gasteiger partial charge is 0.315 e. The second-order valence-corrected chi connectivity index (χ2v) is 13.2. The number of nitrogens with zero attached hydrogens (tertiary/aromatic N) is 1. The Bertz CT molecular complexity index is 764. The summed E-state index contributed by atoms with van der Waals surface area (Å²) in [5, 5.41) is 11.6. The van der Waals surface area contributed by atoms with E-state index in [0.29, 0.717) is 37.3 Å². The van der Waals surface area contributed by atoms with Gasteiger partial charge in [0.25, 0.3) is 0 Å². The third kappa shape index (κ3) is 10.9. The Hall–Kier alpha value is -1.56. The molecule has 0 spiro atoms. The van der Waals surface area contributed by atoms with Crippen LogP contribution in [0.25, 0.3) is 0 Å². The number of unbranched alkanes of at least 4 members (excludes halogenated alkanes) is 5. The van der Waals surface area contributed by atoms with Crippen LogP contribution < -0.4 is 26.9 Å². The number of carbonyl (C=O) groups excluding carboxylic acids is 3. The summed E-state index contributed by atoms with van der Waals surface area (Å²) in [4.78, 5) is 35.4. The van der Waals surface area contributed by atoms with Gasteiger partial charge in [-0.3, -0.25) is 9.59 Å². The lowest BCUT2D eigenvalue weighted by atomic mass is 9.87. The number of hydrogen-bond donors (Lipinski definition) is 5. The van der Waals surface area contributed by atoms with Crippen molar-refractivity contribution < 1.29 is 19.1 Å². The summed E-state index contributed by atoms with van der Waals surface area (Å²) < 4.78 is 5.35. The highest BCUT2D eigenvalue weighted by Crippen LogP contribution is 2.33. The molecular weight excluding hydrogens is 504 g/mol. The van der Waals surface area contributed by atoms with Crippen molar-refractivity contribution in [3.63, 3.8) is 0 Å². The van der Waals surface area contributed by atoms with E-state index in [9.17, 15) is 14.4 Å². The molecule has 11 heteroatoms. The standard InChI is InChI=1S/C27H50N6O4S/c1-27(2,3)22-18-33(32-31-22)16-10-4-6-14-24(35)37-17-11-5-9-15-28-23(34)13-8-7-12-21-25-20(19-38-21)29-26(36)30-25/h20-22,25,31-32H,4-19H2,1-3H3,(H,28,34)(H2,29,30,36)/t20-,21+,22?,25-/m0/s1. The van der Waals surface area contributed by atoms with Gasteiger partial charge in [-0.15, -0.1) is 0 Å². The molecule has 0 aromatic heterocycles. The Morgan fingerprint density at radius 3 is 2.61 bits per heavy atom. The fourth-order valence-corrected chi connectivity index (χ4v) is 6.66. The number of ether oxygens (including phenoxy) is 1. The van der Waals surface area contributed by atoms with Gasteiger partial charge in [-0.05, 0) is 50.4 Å². The van der Waals surface area contributed by atoms with E-state index in [1.807, 2.05) is 11.8 Å². The maximum absolute atomic E-state index is 12.1. The van der Waals surface area contributed by atoms with Crippen molar-refractivity contribution in [1.29, 1.82) is 0 Å². The van der Waals surface area contributed by atoms with E-state index in [2.05, 4.69) is 52.7 Å². The van der Waals surface area contributed by atoms with Crippen LogP contribution in [0.15, 0.2) is 0 Å². The number of amides is 3. The number of esters is 1. The van der Waals surface area contributed by atoms with Crippen LogP contribution in [0.4, 0.5) is 4.79 Å². The van der Waals surface area contributed by atoms with Gasteiger partial charge < -0.3 is 20.7 Å². The number of hydrazine groups is 2. The molecule has 0 aromatic carbocycles. The van der Waals surface area contributed by atoms with E-state index in [4.69, 9.17) is 4.74 Å². The van der Waals surface area contributed by atoms with E-state index >= 15 is 0 Å². The number of fused-ring (bicyclic) bond motifs is 1. The zero-order valence-corrected chi connectivity index (χ0v) is 24.4. The molecule has 3 fully saturated rings. The first-order valence-electron chi connectivity index (χ1n) is 14.6. The molecule has 0 saturated carbocycles. The van der Waals surface area contributed by atoms with Crippen molar-refractivity contribution in [1.82, 2.24) is 31.9 Å². The van der Waals surface area contributed by atoms with Crippen LogP contribution in [0.1, 0.15) is 91.4 Å². The third-order valence-electron chi connectivity index (χ3n) is 7.64. The summed E-state index contributed by atoms with van der Waals surface area (Å²) in [7, 11) is 0. The normalized spacial score (nSPS) is 25.2. The third-order valence-corrected chi connectivity index (χ3v) is 9.15. The van der Waals surface area contributed by atoms with Gasteiger partial charge in [0.15, 0.2) is 0 Å². The summed E-state index contributed by atoms with van der Waals surface area (Å²) >= 11 is 1.92. The Balaban J connectivity index is 1.06. The highest BCUT2D eigenvalue weighted by Gasteiger charge is 2.42. The minimum Gasteiger partial charge on any atom is -0.466 e. The van der Waals surface area contributed by atoms with Crippen LogP contribution in [0, 0.1) is 5.41 Å². The molecule has 3 heterocycles. The summed E-state index contributed by atoms with van der Waals surface area (Å²) in [6.45, 7) is 9.83. The zero-order valence-electron chi connectivity index (χ0n) is 23.6. The molecule has 3 aliphatic heterocycles. The number of rotatable bonds is 17. The largest absolute Gasteiger partial charge is 0.466 e. The number of nitrogens with one attached hydrogen (secondary N) is 5. The molecule has 0 aliphatic carbocycles. The number of urea groups is 1. The first-order chi connectivity index (χ1) is 18.2. The predicted molar refractivity (Wildman–Crippen MR) is 151 cm³/mol. The van der Waals surface area contributed by atoms with Crippen molar-refractivity contribution in [2.24, 2.45) is 5.41 Å². The van der Waals surface area contributed by atoms with E-state index in [0.717, 1.165) is 76.6 Å². The van der Waals surface area contributed by atoms with Crippen LogP contribution in [0.5, 0.6) is 0 Å². The molecule has 38 heavy (non-hydrogen) atoms. The van der Waals surface area contributed by atoms with Gasteiger partial charge in [0.05, 0.1) is 18.7 Å². The monoisotopic (exact) mass is 554 g/mol. The minimum absolute atomic E-state index is 0.0488. The fourth-order valence-electron chi connectivity index (χ4n) is 5.12. The van der Waals surface area contributed by atoms with Crippen LogP contribution in [0.2, 0.25) is 0 Å². The molecular formula is C27H50N6O4S. The summed E-state index contributed by atoms with van der Waals surface area (Å²) in [5.74, 6) is 0.974. The van der Waals surface area contributed by atoms with Crippen molar-refractivity contribution in [3.8, 4) is 0 Å². The molecule has 4 atom stereocenters. The second-order valence-electron chi connectivity index (χ2n) is 11.9. The Morgan fingerprint density at radius 2 is 1.82 bits per heavy atom. The topological polar surface area (TPSA) is 124 Å². The van der Waals surface area contributed by atoms with Crippen LogP contribution in [-0.4, -0.2) is 78.3 Å². The molecule has 0 bridgehead atoms. The van der Waals surface area contributed by atoms with Crippen molar-refractivity contribution in [3.05, 3.63) is 0 Å². The predicted octanol–water partition coefficient (Wildman–Crippen LogP) is 2.84. The quantitative estimate of drug-likeness (QED) is 0.106. The SMILES string of the molecule is CC(C)(C)C1CN(CCCCCC(=O)OCCCCCNC(=O)CCCC[C@H]2SC[C@@H]3NC(=O)N[C@@H]32)NN1. The molecule has 3 rings (SSSR count). The Morgan fingerprint density at radius 1 is 1.03 bits per heavy atom. The number of thioether (sulfide) groups is 1. The van der Waals surface area contributed by atoms with Crippen LogP contribution in [-0.2, 0) is 14.3 Å². The molecule has 0 radical (unpaired) electrons. The Labute approximate surface area is 232 Å². The molecule has 1 unspecified atom stereocenters. The van der Waals surface area contributed by atoms with Gasteiger partial charge in [-0.1, -0.05) is 33.6 Å². The maximum Gasteiger partial charge on any atom is 0.315 e. The van der Waals surface area contributed by atoms with Gasteiger partial charge in [-0.2, -0.15) is 17.3 Å². The van der Waals surface area contributed by atoms with Crippen LogP contribution >= 0.6 is 11.8 Å². The molecule has 3 aliphatic rings. The zero-order chi connectivity index (χ0) is 27.4. The highest BCUT2D eigenvalue weighted by atomic mass is 32.2. The minimum atomic E-state index is -0.106. The average Bonchev–Trinajstić information content (AvgIpc) is 3.57. The van der Waals surface area contributed by atoms with E-state index in [1.54, 1.807) is 0 Å². The summed E-state index contributed by atoms with van der Waals surface area (Å²) in [6, 6.07) is 0.892.